The maximum absolute atomic E-state index is 10.6. The number of hydrogen-bond acceptors (Lipinski definition) is 5. The summed E-state index contributed by atoms with van der Waals surface area (Å²) in [6.45, 7) is 0.360. The smallest absolute Gasteiger partial charge is 0.150 e. The van der Waals surface area contributed by atoms with E-state index in [1.54, 1.807) is 33.5 Å². The van der Waals surface area contributed by atoms with Crippen LogP contribution in [0.2, 0.25) is 0 Å². The Balaban J connectivity index is 0.000000673. The second-order valence-corrected chi connectivity index (χ2v) is 3.14. The largest absolute Gasteiger partial charge is 0.397 e. The van der Waals surface area contributed by atoms with Gasteiger partial charge in [0, 0.05) is 26.9 Å². The molecule has 0 heterocycles. The second-order valence-electron chi connectivity index (χ2n) is 3.14. The predicted molar refractivity (Wildman–Crippen MR) is 64.3 cm³/mol. The van der Waals surface area contributed by atoms with E-state index in [0.717, 1.165) is 11.8 Å². The molecule has 1 aromatic rings. The summed E-state index contributed by atoms with van der Waals surface area (Å²) in [7, 11) is 4.81. The van der Waals surface area contributed by atoms with E-state index in [-0.39, 0.29) is 0 Å². The molecule has 0 atom stereocenters. The first kappa shape index (κ1) is 14.4. The summed E-state index contributed by atoms with van der Waals surface area (Å²) in [6, 6.07) is 3.21. The van der Waals surface area contributed by atoms with E-state index in [0.29, 0.717) is 23.5 Å². The van der Waals surface area contributed by atoms with Gasteiger partial charge in [-0.05, 0) is 17.7 Å². The third kappa shape index (κ3) is 4.29. The SMILES string of the molecule is COC.COCc1cc(N)c(N)cc1C=O. The molecule has 0 aliphatic rings. The Morgan fingerprint density at radius 3 is 2.12 bits per heavy atom. The van der Waals surface area contributed by atoms with Gasteiger partial charge in [0.15, 0.2) is 0 Å². The van der Waals surface area contributed by atoms with Crippen LogP contribution < -0.4 is 11.5 Å². The van der Waals surface area contributed by atoms with Crippen molar-refractivity contribution >= 4 is 17.7 Å². The van der Waals surface area contributed by atoms with E-state index < -0.39 is 0 Å². The molecule has 0 aliphatic heterocycles. The van der Waals surface area contributed by atoms with Crippen molar-refractivity contribution in [1.29, 1.82) is 0 Å². The fourth-order valence-electron chi connectivity index (χ4n) is 1.09. The van der Waals surface area contributed by atoms with Gasteiger partial charge in [0.05, 0.1) is 18.0 Å². The van der Waals surface area contributed by atoms with Crippen molar-refractivity contribution in [2.24, 2.45) is 0 Å². The van der Waals surface area contributed by atoms with Gasteiger partial charge in [-0.1, -0.05) is 0 Å². The maximum Gasteiger partial charge on any atom is 0.150 e. The lowest BCUT2D eigenvalue weighted by atomic mass is 10.1. The van der Waals surface area contributed by atoms with Crippen LogP contribution in [0, 0.1) is 0 Å². The van der Waals surface area contributed by atoms with Crippen LogP contribution >= 0.6 is 0 Å². The van der Waals surface area contributed by atoms with Gasteiger partial charge in [0.1, 0.15) is 6.29 Å². The zero-order valence-electron chi connectivity index (χ0n) is 9.82. The summed E-state index contributed by atoms with van der Waals surface area (Å²) >= 11 is 0. The highest BCUT2D eigenvalue weighted by Gasteiger charge is 2.04. The van der Waals surface area contributed by atoms with E-state index in [4.69, 9.17) is 16.2 Å². The highest BCUT2D eigenvalue weighted by Crippen LogP contribution is 2.20. The number of methoxy groups -OCH3 is 2. The number of benzene rings is 1. The van der Waals surface area contributed by atoms with E-state index in [9.17, 15) is 4.79 Å². The van der Waals surface area contributed by atoms with Crippen LogP contribution in [0.15, 0.2) is 12.1 Å². The Bertz CT molecular complexity index is 340. The molecule has 0 spiro atoms. The fourth-order valence-corrected chi connectivity index (χ4v) is 1.09. The monoisotopic (exact) mass is 226 g/mol. The molecule has 1 rings (SSSR count). The Morgan fingerprint density at radius 1 is 1.19 bits per heavy atom. The first-order chi connectivity index (χ1) is 7.60. The number of hydrogen-bond donors (Lipinski definition) is 2. The highest BCUT2D eigenvalue weighted by molar-refractivity contribution is 5.82. The van der Waals surface area contributed by atoms with Crippen molar-refractivity contribution in [3.05, 3.63) is 23.3 Å². The maximum atomic E-state index is 10.6. The molecule has 90 valence electrons. The molecular weight excluding hydrogens is 208 g/mol. The average molecular weight is 226 g/mol. The van der Waals surface area contributed by atoms with Crippen molar-refractivity contribution in [2.75, 3.05) is 32.8 Å². The molecule has 4 N–H and O–H groups in total. The molecule has 0 aliphatic carbocycles. The number of ether oxygens (including phenoxy) is 2. The number of carbonyl (C=O) groups excluding carboxylic acids is 1. The first-order valence-corrected chi connectivity index (χ1v) is 4.62. The molecule has 16 heavy (non-hydrogen) atoms. The molecule has 0 saturated heterocycles. The number of anilines is 2. The normalized spacial score (nSPS) is 9.19. The lowest BCUT2D eigenvalue weighted by Crippen LogP contribution is -2.01. The van der Waals surface area contributed by atoms with Crippen molar-refractivity contribution in [3.63, 3.8) is 0 Å². The van der Waals surface area contributed by atoms with Crippen molar-refractivity contribution in [2.45, 2.75) is 6.61 Å². The molecular formula is C11H18N2O3. The lowest BCUT2D eigenvalue weighted by Gasteiger charge is -2.07. The summed E-state index contributed by atoms with van der Waals surface area (Å²) in [5, 5.41) is 0. The van der Waals surface area contributed by atoms with Crippen LogP contribution in [0.3, 0.4) is 0 Å². The van der Waals surface area contributed by atoms with E-state index >= 15 is 0 Å². The second kappa shape index (κ2) is 7.67. The van der Waals surface area contributed by atoms with E-state index in [1.807, 2.05) is 0 Å². The molecule has 0 aromatic heterocycles. The van der Waals surface area contributed by atoms with Gasteiger partial charge < -0.3 is 20.9 Å². The predicted octanol–water partition coefficient (Wildman–Crippen LogP) is 1.07. The summed E-state index contributed by atoms with van der Waals surface area (Å²) in [4.78, 5) is 10.6. The molecule has 0 saturated carbocycles. The number of carbonyl (C=O) groups is 1. The quantitative estimate of drug-likeness (QED) is 0.594. The molecule has 0 fully saturated rings. The van der Waals surface area contributed by atoms with E-state index in [1.165, 1.54) is 0 Å². The van der Waals surface area contributed by atoms with Crippen molar-refractivity contribution < 1.29 is 14.3 Å². The van der Waals surface area contributed by atoms with Gasteiger partial charge in [-0.15, -0.1) is 0 Å². The van der Waals surface area contributed by atoms with Crippen LogP contribution in [-0.2, 0) is 16.1 Å². The van der Waals surface area contributed by atoms with E-state index in [2.05, 4.69) is 4.74 Å². The minimum Gasteiger partial charge on any atom is -0.397 e. The highest BCUT2D eigenvalue weighted by atomic mass is 16.5. The van der Waals surface area contributed by atoms with Crippen LogP contribution in [0.25, 0.3) is 0 Å². The third-order valence-corrected chi connectivity index (χ3v) is 1.77. The van der Waals surface area contributed by atoms with Crippen LogP contribution in [0.1, 0.15) is 15.9 Å². The Hall–Kier alpha value is -1.59. The zero-order chi connectivity index (χ0) is 12.6. The standard InChI is InChI=1S/C9H12N2O2.C2H6O/c1-13-5-7-3-9(11)8(10)2-6(7)4-12;1-3-2/h2-4H,5,10-11H2,1H3;1-2H3. The molecule has 0 unspecified atom stereocenters. The molecule has 1 aromatic carbocycles. The van der Waals surface area contributed by atoms with Crippen LogP contribution in [0.5, 0.6) is 0 Å². The first-order valence-electron chi connectivity index (χ1n) is 4.62. The summed E-state index contributed by atoms with van der Waals surface area (Å²) in [6.07, 6.45) is 0.740. The molecule has 5 heteroatoms. The van der Waals surface area contributed by atoms with Gasteiger partial charge in [0.25, 0.3) is 0 Å². The topological polar surface area (TPSA) is 87.6 Å². The van der Waals surface area contributed by atoms with Gasteiger partial charge in [-0.3, -0.25) is 4.79 Å². The summed E-state index contributed by atoms with van der Waals surface area (Å²) in [5.41, 5.74) is 13.3. The number of nitrogens with two attached hydrogens (primary N) is 2. The minimum absolute atomic E-state index is 0.360. The number of rotatable bonds is 3. The number of nitrogen functional groups attached to an aromatic ring is 2. The zero-order valence-corrected chi connectivity index (χ0v) is 9.82. The fraction of sp³-hybridized carbons (Fsp3) is 0.364. The van der Waals surface area contributed by atoms with Gasteiger partial charge in [0.2, 0.25) is 0 Å². The Labute approximate surface area is 95.3 Å². The van der Waals surface area contributed by atoms with Crippen molar-refractivity contribution in [3.8, 4) is 0 Å². The van der Waals surface area contributed by atoms with Crippen LogP contribution in [0.4, 0.5) is 11.4 Å². The Morgan fingerprint density at radius 2 is 1.69 bits per heavy atom. The Kier molecular flexibility index (Phi) is 6.91. The van der Waals surface area contributed by atoms with Gasteiger partial charge >= 0.3 is 0 Å². The summed E-state index contributed by atoms with van der Waals surface area (Å²) < 4.78 is 9.16. The lowest BCUT2D eigenvalue weighted by molar-refractivity contribution is 0.111. The van der Waals surface area contributed by atoms with Crippen molar-refractivity contribution in [1.82, 2.24) is 0 Å². The average Bonchev–Trinajstić information content (AvgIpc) is 2.24. The van der Waals surface area contributed by atoms with Gasteiger partial charge in [-0.2, -0.15) is 0 Å². The molecule has 0 radical (unpaired) electrons. The minimum atomic E-state index is 0.360. The van der Waals surface area contributed by atoms with Gasteiger partial charge in [-0.25, -0.2) is 0 Å². The molecule has 0 amide bonds. The summed E-state index contributed by atoms with van der Waals surface area (Å²) in [5.74, 6) is 0. The molecule has 5 nitrogen and oxygen atoms in total. The molecule has 0 bridgehead atoms. The third-order valence-electron chi connectivity index (χ3n) is 1.77. The number of aldehydes is 1. The van der Waals surface area contributed by atoms with Crippen LogP contribution in [-0.4, -0.2) is 27.6 Å².